The molecule has 2 heterocycles. The first kappa shape index (κ1) is 20.9. The second-order valence-electron chi connectivity index (χ2n) is 8.15. The molecular weight excluding hydrogens is 354 g/mol. The van der Waals surface area contributed by atoms with Gasteiger partial charge in [0.1, 0.15) is 11.8 Å². The topological polar surface area (TPSA) is 112 Å². The minimum atomic E-state index is -0.603. The lowest BCUT2D eigenvalue weighted by Crippen LogP contribution is -2.45. The number of nitrogens with one attached hydrogen (secondary N) is 1. The summed E-state index contributed by atoms with van der Waals surface area (Å²) >= 11 is 0. The number of nitrogens with zero attached hydrogens (tertiary/aromatic N) is 4. The summed E-state index contributed by atoms with van der Waals surface area (Å²) in [5.41, 5.74) is -1.23. The van der Waals surface area contributed by atoms with Crippen molar-refractivity contribution in [1.29, 1.82) is 0 Å². The Morgan fingerprint density at radius 1 is 1.48 bits per heavy atom. The maximum atomic E-state index is 12.2. The van der Waals surface area contributed by atoms with E-state index in [2.05, 4.69) is 10.4 Å². The minimum absolute atomic E-state index is 0.0468. The van der Waals surface area contributed by atoms with Gasteiger partial charge >= 0.3 is 11.8 Å². The number of alkyl carbamates (subject to hydrolysis) is 1. The molecule has 1 fully saturated rings. The summed E-state index contributed by atoms with van der Waals surface area (Å²) in [5.74, 6) is 0.432. The second kappa shape index (κ2) is 7.71. The summed E-state index contributed by atoms with van der Waals surface area (Å²) in [4.78, 5) is 25.0. The van der Waals surface area contributed by atoms with Crippen molar-refractivity contribution in [3.8, 4) is 0 Å². The summed E-state index contributed by atoms with van der Waals surface area (Å²) in [6.45, 7) is 8.31. The van der Waals surface area contributed by atoms with Gasteiger partial charge in [-0.1, -0.05) is 0 Å². The van der Waals surface area contributed by atoms with Gasteiger partial charge in [-0.15, -0.1) is 0 Å². The molecule has 1 aromatic rings. The molecule has 27 heavy (non-hydrogen) atoms. The van der Waals surface area contributed by atoms with E-state index in [0.29, 0.717) is 31.7 Å². The Labute approximate surface area is 158 Å². The molecule has 1 aliphatic rings. The molecule has 0 saturated carbocycles. The van der Waals surface area contributed by atoms with Crippen LogP contribution in [-0.2, 0) is 16.5 Å². The van der Waals surface area contributed by atoms with Gasteiger partial charge in [-0.05, 0) is 40.5 Å². The summed E-state index contributed by atoms with van der Waals surface area (Å²) < 4.78 is 12.5. The fourth-order valence-corrected chi connectivity index (χ4v) is 3.32. The van der Waals surface area contributed by atoms with Crippen molar-refractivity contribution in [3.63, 3.8) is 0 Å². The van der Waals surface area contributed by atoms with E-state index < -0.39 is 22.2 Å². The van der Waals surface area contributed by atoms with E-state index >= 15 is 0 Å². The molecule has 0 spiro atoms. The van der Waals surface area contributed by atoms with Crippen molar-refractivity contribution >= 4 is 17.6 Å². The molecule has 0 aliphatic carbocycles. The van der Waals surface area contributed by atoms with Crippen LogP contribution in [0.4, 0.5) is 16.3 Å². The lowest BCUT2D eigenvalue weighted by molar-refractivity contribution is -0.384. The van der Waals surface area contributed by atoms with E-state index in [1.165, 1.54) is 10.9 Å². The predicted octanol–water partition coefficient (Wildman–Crippen LogP) is 2.23. The van der Waals surface area contributed by atoms with Crippen LogP contribution in [0, 0.1) is 10.1 Å². The van der Waals surface area contributed by atoms with Gasteiger partial charge in [-0.3, -0.25) is 10.1 Å². The average Bonchev–Trinajstić information content (AvgIpc) is 2.83. The van der Waals surface area contributed by atoms with Gasteiger partial charge < -0.3 is 19.7 Å². The lowest BCUT2D eigenvalue weighted by atomic mass is 9.96. The highest BCUT2D eigenvalue weighted by Crippen LogP contribution is 2.32. The molecule has 1 aliphatic heterocycles. The Kier molecular flexibility index (Phi) is 5.98. The SMILES string of the molecule is COC1(C)CC(NC(=O)OC(C)(C)C)CCN(c2c([N+](=O)[O-])cnn2C)C1. The largest absolute Gasteiger partial charge is 0.444 e. The van der Waals surface area contributed by atoms with Crippen LogP contribution in [0.25, 0.3) is 0 Å². The van der Waals surface area contributed by atoms with Gasteiger partial charge in [0.15, 0.2) is 0 Å². The molecule has 1 amide bonds. The number of rotatable bonds is 4. The van der Waals surface area contributed by atoms with E-state index in [1.807, 2.05) is 32.6 Å². The molecule has 0 radical (unpaired) electrons. The van der Waals surface area contributed by atoms with E-state index in [-0.39, 0.29) is 11.7 Å². The molecule has 2 unspecified atom stereocenters. The molecule has 10 nitrogen and oxygen atoms in total. The van der Waals surface area contributed by atoms with Gasteiger partial charge in [0.25, 0.3) is 0 Å². The number of hydrogen-bond donors (Lipinski definition) is 1. The first-order valence-corrected chi connectivity index (χ1v) is 8.90. The minimum Gasteiger partial charge on any atom is -0.444 e. The fourth-order valence-electron chi connectivity index (χ4n) is 3.32. The van der Waals surface area contributed by atoms with Crippen LogP contribution in [0.2, 0.25) is 0 Å². The summed E-state index contributed by atoms with van der Waals surface area (Å²) in [7, 11) is 3.28. The van der Waals surface area contributed by atoms with Crippen molar-refractivity contribution < 1.29 is 19.2 Å². The molecule has 0 aromatic carbocycles. The zero-order chi connectivity index (χ0) is 20.4. The van der Waals surface area contributed by atoms with E-state index in [9.17, 15) is 14.9 Å². The van der Waals surface area contributed by atoms with Crippen LogP contribution in [0.3, 0.4) is 0 Å². The van der Waals surface area contributed by atoms with Crippen molar-refractivity contribution in [3.05, 3.63) is 16.3 Å². The van der Waals surface area contributed by atoms with Crippen LogP contribution in [-0.4, -0.2) is 58.2 Å². The number of aryl methyl sites for hydroxylation is 1. The molecule has 152 valence electrons. The fraction of sp³-hybridized carbons (Fsp3) is 0.765. The Morgan fingerprint density at radius 2 is 2.15 bits per heavy atom. The third-order valence-corrected chi connectivity index (χ3v) is 4.55. The second-order valence-corrected chi connectivity index (χ2v) is 8.15. The third kappa shape index (κ3) is 5.31. The van der Waals surface area contributed by atoms with Crippen molar-refractivity contribution in [1.82, 2.24) is 15.1 Å². The quantitative estimate of drug-likeness (QED) is 0.627. The van der Waals surface area contributed by atoms with Gasteiger partial charge in [0.05, 0.1) is 10.5 Å². The molecule has 2 atom stereocenters. The van der Waals surface area contributed by atoms with Crippen molar-refractivity contribution in [2.75, 3.05) is 25.1 Å². The number of aromatic nitrogens is 2. The number of ether oxygens (including phenoxy) is 2. The van der Waals surface area contributed by atoms with E-state index in [1.54, 1.807) is 14.2 Å². The van der Waals surface area contributed by atoms with Gasteiger partial charge in [-0.25, -0.2) is 9.48 Å². The van der Waals surface area contributed by atoms with Crippen LogP contribution >= 0.6 is 0 Å². The summed E-state index contributed by atoms with van der Waals surface area (Å²) in [6.07, 6.45) is 1.93. The standard InChI is InChI=1S/C17H29N5O5/c1-16(2,3)27-15(23)19-12-7-8-21(11-17(4,9-12)26-6)14-13(22(24)25)10-18-20(14)5/h10,12H,7-9,11H2,1-6H3,(H,19,23). The molecule has 10 heteroatoms. The highest BCUT2D eigenvalue weighted by Gasteiger charge is 2.38. The maximum absolute atomic E-state index is 12.2. The third-order valence-electron chi connectivity index (χ3n) is 4.55. The molecule has 1 aromatic heterocycles. The van der Waals surface area contributed by atoms with Gasteiger partial charge in [-0.2, -0.15) is 5.10 Å². The Bertz CT molecular complexity index is 698. The van der Waals surface area contributed by atoms with Crippen molar-refractivity contribution in [2.24, 2.45) is 7.05 Å². The first-order chi connectivity index (χ1) is 12.4. The van der Waals surface area contributed by atoms with Crippen LogP contribution in [0.15, 0.2) is 6.20 Å². The van der Waals surface area contributed by atoms with Gasteiger partial charge in [0.2, 0.25) is 5.82 Å². The maximum Gasteiger partial charge on any atom is 0.407 e. The molecule has 0 bridgehead atoms. The predicted molar refractivity (Wildman–Crippen MR) is 99.9 cm³/mol. The first-order valence-electron chi connectivity index (χ1n) is 8.90. The van der Waals surface area contributed by atoms with Crippen LogP contribution in [0.5, 0.6) is 0 Å². The number of methoxy groups -OCH3 is 1. The zero-order valence-electron chi connectivity index (χ0n) is 16.8. The normalized spacial score (nSPS) is 23.6. The van der Waals surface area contributed by atoms with Crippen LogP contribution in [0.1, 0.15) is 40.5 Å². The Balaban J connectivity index is 2.21. The van der Waals surface area contributed by atoms with Gasteiger partial charge in [0, 0.05) is 33.3 Å². The Morgan fingerprint density at radius 3 is 2.70 bits per heavy atom. The average molecular weight is 383 g/mol. The van der Waals surface area contributed by atoms with Crippen molar-refractivity contribution in [2.45, 2.75) is 57.8 Å². The lowest BCUT2D eigenvalue weighted by Gasteiger charge is -2.33. The van der Waals surface area contributed by atoms with E-state index in [0.717, 1.165) is 0 Å². The highest BCUT2D eigenvalue weighted by atomic mass is 16.6. The number of nitro groups is 1. The monoisotopic (exact) mass is 383 g/mol. The van der Waals surface area contributed by atoms with E-state index in [4.69, 9.17) is 9.47 Å². The number of carbonyl (C=O) groups excluding carboxylic acids is 1. The Hall–Kier alpha value is -2.36. The number of amides is 1. The smallest absolute Gasteiger partial charge is 0.407 e. The number of hydrogen-bond acceptors (Lipinski definition) is 7. The molecule has 1 N–H and O–H groups in total. The molecule has 2 rings (SSSR count). The number of anilines is 1. The number of carbonyl (C=O) groups is 1. The highest BCUT2D eigenvalue weighted by molar-refractivity contribution is 5.68. The summed E-state index contributed by atoms with van der Waals surface area (Å²) in [5, 5.41) is 18.3. The summed E-state index contributed by atoms with van der Waals surface area (Å²) in [6, 6.07) is -0.179. The molecular formula is C17H29N5O5. The zero-order valence-corrected chi connectivity index (χ0v) is 16.8. The molecule has 1 saturated heterocycles. The van der Waals surface area contributed by atoms with Crippen LogP contribution < -0.4 is 10.2 Å².